The van der Waals surface area contributed by atoms with Crippen LogP contribution in [0.15, 0.2) is 41.3 Å². The van der Waals surface area contributed by atoms with Crippen molar-refractivity contribution in [3.63, 3.8) is 0 Å². The molecule has 0 fully saturated rings. The van der Waals surface area contributed by atoms with Crippen molar-refractivity contribution < 1.29 is 19.1 Å². The van der Waals surface area contributed by atoms with E-state index in [2.05, 4.69) is 10.6 Å². The topological polar surface area (TPSA) is 76.7 Å². The van der Waals surface area contributed by atoms with E-state index in [-0.39, 0.29) is 17.1 Å². The fourth-order valence-electron chi connectivity index (χ4n) is 2.81. The molecule has 7 heteroatoms. The zero-order valence-electron chi connectivity index (χ0n) is 15.5. The Morgan fingerprint density at radius 3 is 2.67 bits per heavy atom. The van der Waals surface area contributed by atoms with Gasteiger partial charge in [0.05, 0.1) is 25.2 Å². The van der Waals surface area contributed by atoms with E-state index in [1.165, 1.54) is 11.8 Å². The van der Waals surface area contributed by atoms with Crippen LogP contribution in [0, 0.1) is 0 Å². The van der Waals surface area contributed by atoms with E-state index in [1.807, 2.05) is 31.2 Å². The monoisotopic (exact) mass is 386 g/mol. The van der Waals surface area contributed by atoms with Gasteiger partial charge in [-0.25, -0.2) is 0 Å². The molecule has 6 nitrogen and oxygen atoms in total. The zero-order chi connectivity index (χ0) is 19.4. The van der Waals surface area contributed by atoms with Crippen molar-refractivity contribution in [2.45, 2.75) is 23.5 Å². The van der Waals surface area contributed by atoms with Crippen LogP contribution in [-0.4, -0.2) is 37.8 Å². The van der Waals surface area contributed by atoms with Crippen molar-refractivity contribution in [1.82, 2.24) is 5.32 Å². The number of rotatable bonds is 6. The maximum Gasteiger partial charge on any atom is 0.251 e. The van der Waals surface area contributed by atoms with Crippen LogP contribution >= 0.6 is 11.8 Å². The van der Waals surface area contributed by atoms with Gasteiger partial charge in [0.1, 0.15) is 0 Å². The normalized spacial score (nSPS) is 15.5. The first-order valence-corrected chi connectivity index (χ1v) is 9.50. The van der Waals surface area contributed by atoms with E-state index in [9.17, 15) is 9.59 Å². The van der Waals surface area contributed by atoms with Crippen LogP contribution in [-0.2, 0) is 11.2 Å². The number of hydrogen-bond donors (Lipinski definition) is 2. The third-order valence-electron chi connectivity index (χ3n) is 4.32. The zero-order valence-corrected chi connectivity index (χ0v) is 16.3. The fraction of sp³-hybridized carbons (Fsp3) is 0.300. The van der Waals surface area contributed by atoms with Gasteiger partial charge in [0.25, 0.3) is 5.91 Å². The highest BCUT2D eigenvalue weighted by Crippen LogP contribution is 2.35. The molecule has 2 amide bonds. The highest BCUT2D eigenvalue weighted by Gasteiger charge is 2.23. The standard InChI is InChI=1S/C20H22N2O4S/c1-12-19(23)22-15-11-14(5-7-18(15)27-12)20(24)21-9-8-13-4-6-16(25-2)17(10-13)26-3/h4-7,10-12H,8-9H2,1-3H3,(H,21,24)(H,22,23)/t12-/m0/s1. The quantitative estimate of drug-likeness (QED) is 0.798. The lowest BCUT2D eigenvalue weighted by Crippen LogP contribution is -2.28. The van der Waals surface area contributed by atoms with Crippen LogP contribution in [0.3, 0.4) is 0 Å². The molecule has 1 aliphatic heterocycles. The predicted molar refractivity (Wildman–Crippen MR) is 106 cm³/mol. The summed E-state index contributed by atoms with van der Waals surface area (Å²) in [5.74, 6) is 1.13. The van der Waals surface area contributed by atoms with Gasteiger partial charge >= 0.3 is 0 Å². The lowest BCUT2D eigenvalue weighted by molar-refractivity contribution is -0.115. The summed E-state index contributed by atoms with van der Waals surface area (Å²) in [6.07, 6.45) is 0.668. The van der Waals surface area contributed by atoms with E-state index in [0.29, 0.717) is 35.7 Å². The second kappa shape index (κ2) is 8.35. The summed E-state index contributed by atoms with van der Waals surface area (Å²) in [7, 11) is 3.19. The molecule has 142 valence electrons. The summed E-state index contributed by atoms with van der Waals surface area (Å²) in [6.45, 7) is 2.35. The average molecular weight is 386 g/mol. The molecule has 3 rings (SSSR count). The van der Waals surface area contributed by atoms with Crippen molar-refractivity contribution in [2.24, 2.45) is 0 Å². The van der Waals surface area contributed by atoms with Crippen molar-refractivity contribution in [3.05, 3.63) is 47.5 Å². The number of nitrogens with one attached hydrogen (secondary N) is 2. The first kappa shape index (κ1) is 19.1. The van der Waals surface area contributed by atoms with Crippen LogP contribution in [0.1, 0.15) is 22.8 Å². The molecule has 2 aromatic rings. The molecule has 0 aromatic heterocycles. The molecule has 1 atom stereocenters. The summed E-state index contributed by atoms with van der Waals surface area (Å²) in [6, 6.07) is 11.1. The molecule has 0 aliphatic carbocycles. The molecule has 0 saturated heterocycles. The Kier molecular flexibility index (Phi) is 5.91. The minimum atomic E-state index is -0.170. The molecule has 27 heavy (non-hydrogen) atoms. The number of fused-ring (bicyclic) bond motifs is 1. The van der Waals surface area contributed by atoms with Crippen LogP contribution in [0.25, 0.3) is 0 Å². The molecule has 1 aliphatic rings. The summed E-state index contributed by atoms with van der Waals surface area (Å²) >= 11 is 1.50. The minimum Gasteiger partial charge on any atom is -0.493 e. The molecular formula is C20H22N2O4S. The van der Waals surface area contributed by atoms with Crippen LogP contribution < -0.4 is 20.1 Å². The first-order valence-electron chi connectivity index (χ1n) is 8.62. The smallest absolute Gasteiger partial charge is 0.251 e. The Balaban J connectivity index is 1.60. The highest BCUT2D eigenvalue weighted by molar-refractivity contribution is 8.00. The Morgan fingerprint density at radius 2 is 1.93 bits per heavy atom. The van der Waals surface area contributed by atoms with Crippen LogP contribution in [0.2, 0.25) is 0 Å². The number of carbonyl (C=O) groups excluding carboxylic acids is 2. The average Bonchev–Trinajstić information content (AvgIpc) is 2.68. The molecular weight excluding hydrogens is 364 g/mol. The van der Waals surface area contributed by atoms with Gasteiger partial charge in [0.15, 0.2) is 11.5 Å². The Morgan fingerprint density at radius 1 is 1.15 bits per heavy atom. The van der Waals surface area contributed by atoms with E-state index in [0.717, 1.165) is 10.5 Å². The Bertz CT molecular complexity index is 869. The number of hydrogen-bond acceptors (Lipinski definition) is 5. The van der Waals surface area contributed by atoms with Gasteiger partial charge < -0.3 is 20.1 Å². The maximum absolute atomic E-state index is 12.4. The number of ether oxygens (including phenoxy) is 2. The van der Waals surface area contributed by atoms with Gasteiger partial charge in [-0.05, 0) is 49.2 Å². The van der Waals surface area contributed by atoms with Crippen molar-refractivity contribution in [1.29, 1.82) is 0 Å². The summed E-state index contributed by atoms with van der Waals surface area (Å²) in [5, 5.41) is 5.63. The van der Waals surface area contributed by atoms with Gasteiger partial charge in [0.2, 0.25) is 5.91 Å². The second-order valence-corrected chi connectivity index (χ2v) is 7.54. The van der Waals surface area contributed by atoms with Crippen LogP contribution in [0.5, 0.6) is 11.5 Å². The summed E-state index contributed by atoms with van der Waals surface area (Å²) < 4.78 is 10.5. The highest BCUT2D eigenvalue weighted by atomic mass is 32.2. The summed E-state index contributed by atoms with van der Waals surface area (Å²) in [4.78, 5) is 25.2. The van der Waals surface area contributed by atoms with Gasteiger partial charge in [-0.3, -0.25) is 9.59 Å². The van der Waals surface area contributed by atoms with Crippen molar-refractivity contribution in [3.8, 4) is 11.5 Å². The van der Waals surface area contributed by atoms with E-state index < -0.39 is 0 Å². The molecule has 0 bridgehead atoms. The number of thioether (sulfide) groups is 1. The molecule has 0 saturated carbocycles. The largest absolute Gasteiger partial charge is 0.493 e. The maximum atomic E-state index is 12.4. The first-order chi connectivity index (χ1) is 13.0. The number of benzene rings is 2. The van der Waals surface area contributed by atoms with E-state index in [4.69, 9.17) is 9.47 Å². The number of anilines is 1. The van der Waals surface area contributed by atoms with E-state index in [1.54, 1.807) is 26.4 Å². The molecule has 0 unspecified atom stereocenters. The van der Waals surface area contributed by atoms with Gasteiger partial charge in [0, 0.05) is 17.0 Å². The molecule has 2 aromatic carbocycles. The molecule has 1 heterocycles. The lowest BCUT2D eigenvalue weighted by atomic mass is 10.1. The predicted octanol–water partition coefficient (Wildman–Crippen LogP) is 3.11. The van der Waals surface area contributed by atoms with Gasteiger partial charge in [-0.15, -0.1) is 11.8 Å². The Labute approximate surface area is 162 Å². The minimum absolute atomic E-state index is 0.0430. The van der Waals surface area contributed by atoms with Crippen LogP contribution in [0.4, 0.5) is 5.69 Å². The Hall–Kier alpha value is -2.67. The molecule has 0 radical (unpaired) electrons. The lowest BCUT2D eigenvalue weighted by Gasteiger charge is -2.21. The van der Waals surface area contributed by atoms with E-state index >= 15 is 0 Å². The third-order valence-corrected chi connectivity index (χ3v) is 5.50. The van der Waals surface area contributed by atoms with Gasteiger partial charge in [-0.2, -0.15) is 0 Å². The van der Waals surface area contributed by atoms with Crippen molar-refractivity contribution >= 4 is 29.3 Å². The fourth-order valence-corrected chi connectivity index (χ4v) is 3.74. The van der Waals surface area contributed by atoms with Gasteiger partial charge in [-0.1, -0.05) is 6.07 Å². The van der Waals surface area contributed by atoms with Crippen molar-refractivity contribution in [2.75, 3.05) is 26.1 Å². The number of amides is 2. The SMILES string of the molecule is COc1ccc(CCNC(=O)c2ccc3c(c2)NC(=O)[C@H](C)S3)cc1OC. The second-order valence-electron chi connectivity index (χ2n) is 6.16. The summed E-state index contributed by atoms with van der Waals surface area (Å²) in [5.41, 5.74) is 2.25. The third kappa shape index (κ3) is 4.36. The number of methoxy groups -OCH3 is 2. The molecule has 2 N–H and O–H groups in total. The number of carbonyl (C=O) groups is 2. The molecule has 0 spiro atoms.